The number of rotatable bonds is 9. The summed E-state index contributed by atoms with van der Waals surface area (Å²) < 4.78 is 20.4. The van der Waals surface area contributed by atoms with Crippen molar-refractivity contribution in [2.75, 3.05) is 35.6 Å². The number of furan rings is 1. The maximum Gasteiger partial charge on any atom is 0.243 e. The molecular weight excluding hydrogens is 447 g/mol. The molecule has 0 saturated carbocycles. The largest absolute Gasteiger partial charge is 0.467 e. The minimum absolute atomic E-state index is 0.0834. The number of nitrogens with zero attached hydrogens (tertiary/aromatic N) is 4. The van der Waals surface area contributed by atoms with E-state index >= 15 is 0 Å². The van der Waals surface area contributed by atoms with E-state index in [2.05, 4.69) is 25.7 Å². The third kappa shape index (κ3) is 6.35. The molecule has 0 bridgehead atoms. The lowest BCUT2D eigenvalue weighted by Gasteiger charge is -2.27. The van der Waals surface area contributed by atoms with Gasteiger partial charge in [-0.1, -0.05) is 11.8 Å². The van der Waals surface area contributed by atoms with Gasteiger partial charge in [-0.2, -0.15) is 0 Å². The Morgan fingerprint density at radius 1 is 1.06 bits per heavy atom. The van der Waals surface area contributed by atoms with Crippen LogP contribution in [0.3, 0.4) is 0 Å². The molecule has 1 aliphatic rings. The van der Waals surface area contributed by atoms with Crippen molar-refractivity contribution < 1.29 is 18.4 Å². The summed E-state index contributed by atoms with van der Waals surface area (Å²) in [4.78, 5) is 26.5. The van der Waals surface area contributed by atoms with Crippen molar-refractivity contribution in [2.45, 2.75) is 31.0 Å². The molecule has 2 amide bonds. The highest BCUT2D eigenvalue weighted by molar-refractivity contribution is 7.99. The maximum absolute atomic E-state index is 13.0. The zero-order valence-corrected chi connectivity index (χ0v) is 18.8. The van der Waals surface area contributed by atoms with Crippen LogP contribution in [0.1, 0.15) is 25.0 Å². The maximum atomic E-state index is 13.0. The van der Waals surface area contributed by atoms with E-state index in [1.54, 1.807) is 6.26 Å². The quantitative estimate of drug-likeness (QED) is 0.462. The second-order valence-electron chi connectivity index (χ2n) is 7.62. The molecule has 11 heteroatoms. The molecule has 1 aliphatic heterocycles. The fraction of sp³-hybridized carbons (Fsp3) is 0.364. The predicted octanol–water partition coefficient (Wildman–Crippen LogP) is 2.90. The van der Waals surface area contributed by atoms with Crippen LogP contribution in [-0.2, 0) is 16.1 Å². The average Bonchev–Trinajstić information content (AvgIpc) is 3.49. The first-order valence-electron chi connectivity index (χ1n) is 10.7. The highest BCUT2D eigenvalue weighted by Crippen LogP contribution is 2.25. The van der Waals surface area contributed by atoms with Gasteiger partial charge in [0.1, 0.15) is 11.6 Å². The summed E-state index contributed by atoms with van der Waals surface area (Å²) in [7, 11) is 0. The van der Waals surface area contributed by atoms with Crippen molar-refractivity contribution in [2.24, 2.45) is 0 Å². The number of anilines is 2. The summed E-state index contributed by atoms with van der Waals surface area (Å²) in [6, 6.07) is 9.13. The minimum atomic E-state index is -0.395. The van der Waals surface area contributed by atoms with E-state index in [4.69, 9.17) is 4.42 Å². The number of aromatic nitrogens is 3. The Morgan fingerprint density at radius 3 is 2.58 bits per heavy atom. The van der Waals surface area contributed by atoms with Crippen LogP contribution < -0.4 is 15.5 Å². The number of amides is 2. The van der Waals surface area contributed by atoms with Gasteiger partial charge in [0, 0.05) is 18.8 Å². The minimum Gasteiger partial charge on any atom is -0.467 e. The first-order valence-corrected chi connectivity index (χ1v) is 11.7. The second-order valence-corrected chi connectivity index (χ2v) is 8.56. The summed E-state index contributed by atoms with van der Waals surface area (Å²) in [6.07, 6.45) is 5.05. The highest BCUT2D eigenvalue weighted by Gasteiger charge is 2.21. The Kier molecular flexibility index (Phi) is 7.61. The molecule has 1 fully saturated rings. The van der Waals surface area contributed by atoms with E-state index in [0.717, 1.165) is 37.6 Å². The molecule has 0 spiro atoms. The smallest absolute Gasteiger partial charge is 0.243 e. The number of carbonyl (C=O) groups is 2. The number of nitrogens with one attached hydrogen (secondary N) is 2. The number of hydrogen-bond acceptors (Lipinski definition) is 7. The second kappa shape index (κ2) is 11.0. The molecule has 0 radical (unpaired) electrons. The molecular formula is C22H25FN6O3S. The van der Waals surface area contributed by atoms with Gasteiger partial charge in [-0.15, -0.1) is 10.2 Å². The van der Waals surface area contributed by atoms with Crippen LogP contribution in [0, 0.1) is 5.82 Å². The lowest BCUT2D eigenvalue weighted by molar-refractivity contribution is -0.122. The summed E-state index contributed by atoms with van der Waals surface area (Å²) in [6.45, 7) is 2.12. The zero-order chi connectivity index (χ0) is 23.0. The van der Waals surface area contributed by atoms with E-state index in [1.165, 1.54) is 42.4 Å². The lowest BCUT2D eigenvalue weighted by atomic mass is 10.1. The van der Waals surface area contributed by atoms with Gasteiger partial charge < -0.3 is 20.0 Å². The monoisotopic (exact) mass is 472 g/mol. The third-order valence-corrected chi connectivity index (χ3v) is 6.10. The number of benzene rings is 1. The Labute approximate surface area is 194 Å². The molecule has 2 N–H and O–H groups in total. The van der Waals surface area contributed by atoms with Crippen LogP contribution in [0.5, 0.6) is 0 Å². The number of piperidine rings is 1. The van der Waals surface area contributed by atoms with Crippen molar-refractivity contribution in [3.8, 4) is 0 Å². The summed E-state index contributed by atoms with van der Waals surface area (Å²) >= 11 is 1.25. The van der Waals surface area contributed by atoms with E-state index in [0.29, 0.717) is 17.4 Å². The normalized spacial score (nSPS) is 13.7. The van der Waals surface area contributed by atoms with Crippen molar-refractivity contribution in [1.29, 1.82) is 0 Å². The van der Waals surface area contributed by atoms with Crippen molar-refractivity contribution in [3.63, 3.8) is 0 Å². The van der Waals surface area contributed by atoms with Gasteiger partial charge in [-0.05, 0) is 55.7 Å². The Hall–Kier alpha value is -3.34. The van der Waals surface area contributed by atoms with Crippen LogP contribution in [-0.4, -0.2) is 52.0 Å². The molecule has 174 valence electrons. The topological polar surface area (TPSA) is 105 Å². The van der Waals surface area contributed by atoms with Crippen LogP contribution in [0.15, 0.2) is 52.2 Å². The fourth-order valence-corrected chi connectivity index (χ4v) is 4.27. The Bertz CT molecular complexity index is 1060. The number of thioether (sulfide) groups is 1. The van der Waals surface area contributed by atoms with Crippen molar-refractivity contribution >= 4 is 35.2 Å². The predicted molar refractivity (Wildman–Crippen MR) is 123 cm³/mol. The third-order valence-electron chi connectivity index (χ3n) is 5.14. The van der Waals surface area contributed by atoms with Gasteiger partial charge in [-0.3, -0.25) is 14.2 Å². The molecule has 3 heterocycles. The Balaban J connectivity index is 1.33. The van der Waals surface area contributed by atoms with E-state index < -0.39 is 5.91 Å². The fourth-order valence-electron chi connectivity index (χ4n) is 3.51. The van der Waals surface area contributed by atoms with Gasteiger partial charge in [0.2, 0.25) is 17.8 Å². The molecule has 0 aliphatic carbocycles. The summed E-state index contributed by atoms with van der Waals surface area (Å²) in [5.41, 5.74) is 0.460. The van der Waals surface area contributed by atoms with Gasteiger partial charge >= 0.3 is 0 Å². The lowest BCUT2D eigenvalue weighted by Crippen LogP contribution is -2.34. The molecule has 4 rings (SSSR count). The van der Waals surface area contributed by atoms with Gasteiger partial charge in [0.25, 0.3) is 0 Å². The highest BCUT2D eigenvalue weighted by atomic mass is 32.2. The average molecular weight is 473 g/mol. The summed E-state index contributed by atoms with van der Waals surface area (Å²) in [5, 5.41) is 14.5. The van der Waals surface area contributed by atoms with Gasteiger partial charge in [0.15, 0.2) is 5.16 Å². The van der Waals surface area contributed by atoms with E-state index in [9.17, 15) is 14.0 Å². The Morgan fingerprint density at radius 2 is 1.85 bits per heavy atom. The van der Waals surface area contributed by atoms with Crippen LogP contribution in [0.2, 0.25) is 0 Å². The van der Waals surface area contributed by atoms with Gasteiger partial charge in [0.05, 0.1) is 25.1 Å². The van der Waals surface area contributed by atoms with Crippen molar-refractivity contribution in [1.82, 2.24) is 20.1 Å². The van der Waals surface area contributed by atoms with Crippen LogP contribution >= 0.6 is 11.8 Å². The first-order chi connectivity index (χ1) is 16.1. The summed E-state index contributed by atoms with van der Waals surface area (Å²) in [5.74, 6) is 0.543. The number of halogens is 1. The molecule has 0 atom stereocenters. The molecule has 0 unspecified atom stereocenters. The van der Waals surface area contributed by atoms with E-state index in [-0.39, 0.29) is 24.0 Å². The van der Waals surface area contributed by atoms with Crippen LogP contribution in [0.25, 0.3) is 0 Å². The van der Waals surface area contributed by atoms with Gasteiger partial charge in [-0.25, -0.2) is 4.39 Å². The molecule has 3 aromatic rings. The number of carbonyl (C=O) groups excluding carboxylic acids is 2. The molecule has 1 saturated heterocycles. The molecule has 33 heavy (non-hydrogen) atoms. The SMILES string of the molecule is O=C(CSc1nnc(N2CCCCC2)n1Cc1ccco1)NCC(=O)Nc1ccc(F)cc1. The first kappa shape index (κ1) is 22.8. The standard InChI is InChI=1S/C22H25FN6O3S/c23-16-6-8-17(9-7-16)25-19(30)13-24-20(31)15-33-22-27-26-21(28-10-2-1-3-11-28)29(22)14-18-5-4-12-32-18/h4-9,12H,1-3,10-11,13-15H2,(H,24,31)(H,25,30). The molecule has 2 aromatic heterocycles. The number of hydrogen-bond donors (Lipinski definition) is 2. The van der Waals surface area contributed by atoms with E-state index in [1.807, 2.05) is 16.7 Å². The van der Waals surface area contributed by atoms with Crippen LogP contribution in [0.4, 0.5) is 16.0 Å². The molecule has 9 nitrogen and oxygen atoms in total. The van der Waals surface area contributed by atoms with Crippen molar-refractivity contribution in [3.05, 3.63) is 54.2 Å². The molecule has 1 aromatic carbocycles. The zero-order valence-electron chi connectivity index (χ0n) is 18.0.